The summed E-state index contributed by atoms with van der Waals surface area (Å²) in [4.78, 5) is 26.4. The lowest BCUT2D eigenvalue weighted by atomic mass is 10.1. The largest absolute Gasteiger partial charge is 0.466 e. The number of carbonyl (C=O) groups excluding carboxylic acids is 2. The number of amides is 1. The third kappa shape index (κ3) is 3.98. The smallest absolute Gasteiger partial charge is 0.307 e. The number of nitrogens with zero attached hydrogens (tertiary/aromatic N) is 2. The molecule has 0 atom stereocenters. The molecule has 0 aliphatic carbocycles. The van der Waals surface area contributed by atoms with E-state index in [9.17, 15) is 9.59 Å². The number of halogens is 1. The van der Waals surface area contributed by atoms with E-state index in [0.717, 1.165) is 16.5 Å². The molecular weight excluding hydrogens is 340 g/mol. The van der Waals surface area contributed by atoms with Gasteiger partial charge in [0.05, 0.1) is 13.0 Å². The van der Waals surface area contributed by atoms with Crippen molar-refractivity contribution in [2.75, 3.05) is 19.7 Å². The zero-order valence-corrected chi connectivity index (χ0v) is 16.0. The van der Waals surface area contributed by atoms with Gasteiger partial charge < -0.3 is 14.2 Å². The van der Waals surface area contributed by atoms with E-state index in [-0.39, 0.29) is 18.3 Å². The monoisotopic (exact) mass is 364 g/mol. The molecule has 0 fully saturated rings. The second kappa shape index (κ2) is 8.39. The molecule has 0 saturated heterocycles. The van der Waals surface area contributed by atoms with Crippen LogP contribution in [0.4, 0.5) is 0 Å². The quantitative estimate of drug-likeness (QED) is 0.697. The summed E-state index contributed by atoms with van der Waals surface area (Å²) in [5, 5.41) is 1.64. The Morgan fingerprint density at radius 3 is 2.56 bits per heavy atom. The predicted octanol–water partition coefficient (Wildman–Crippen LogP) is 4.04. The summed E-state index contributed by atoms with van der Waals surface area (Å²) in [5.74, 6) is -0.355. The fourth-order valence-electron chi connectivity index (χ4n) is 3.11. The molecule has 136 valence electrons. The van der Waals surface area contributed by atoms with Gasteiger partial charge in [-0.1, -0.05) is 11.6 Å². The summed E-state index contributed by atoms with van der Waals surface area (Å²) in [5.41, 5.74) is 2.57. The van der Waals surface area contributed by atoms with Crippen LogP contribution in [-0.2, 0) is 16.1 Å². The molecule has 25 heavy (non-hydrogen) atoms. The first kappa shape index (κ1) is 19.3. The lowest BCUT2D eigenvalue weighted by Gasteiger charge is -2.22. The molecule has 0 bridgehead atoms. The average molecular weight is 365 g/mol. The molecule has 0 radical (unpaired) electrons. The number of carbonyl (C=O) groups is 2. The maximum Gasteiger partial charge on any atom is 0.307 e. The minimum atomic E-state index is -0.284. The second-order valence-corrected chi connectivity index (χ2v) is 6.26. The van der Waals surface area contributed by atoms with Gasteiger partial charge in [0.2, 0.25) is 0 Å². The molecule has 0 saturated carbocycles. The van der Waals surface area contributed by atoms with Gasteiger partial charge in [0, 0.05) is 35.6 Å². The first-order valence-electron chi connectivity index (χ1n) is 8.67. The SMILES string of the molecule is CCOC(=O)CCN(CC)C(=O)c1c(C)c2cc(Cl)ccc2n1CC. The Balaban J connectivity index is 2.36. The normalized spacial score (nSPS) is 10.9. The van der Waals surface area contributed by atoms with Crippen LogP contribution in [0, 0.1) is 6.92 Å². The van der Waals surface area contributed by atoms with E-state index in [1.165, 1.54) is 0 Å². The lowest BCUT2D eigenvalue weighted by Crippen LogP contribution is -2.34. The molecule has 5 nitrogen and oxygen atoms in total. The van der Waals surface area contributed by atoms with E-state index in [0.29, 0.717) is 37.0 Å². The Kier molecular flexibility index (Phi) is 6.48. The summed E-state index contributed by atoms with van der Waals surface area (Å²) in [6, 6.07) is 5.67. The Morgan fingerprint density at radius 1 is 1.24 bits per heavy atom. The molecular formula is C19H25ClN2O3. The number of esters is 1. The number of aromatic nitrogens is 1. The first-order chi connectivity index (χ1) is 11.9. The number of rotatable bonds is 7. The number of benzene rings is 1. The summed E-state index contributed by atoms with van der Waals surface area (Å²) >= 11 is 6.12. The fraction of sp³-hybridized carbons (Fsp3) is 0.474. The molecule has 1 heterocycles. The van der Waals surface area contributed by atoms with Gasteiger partial charge in [0.15, 0.2) is 0 Å². The van der Waals surface area contributed by atoms with E-state index < -0.39 is 0 Å². The molecule has 0 aliphatic heterocycles. The molecule has 0 aliphatic rings. The van der Waals surface area contributed by atoms with Crippen molar-refractivity contribution in [2.24, 2.45) is 0 Å². The molecule has 2 rings (SSSR count). The highest BCUT2D eigenvalue weighted by molar-refractivity contribution is 6.31. The van der Waals surface area contributed by atoms with Gasteiger partial charge in [0.1, 0.15) is 5.69 Å². The van der Waals surface area contributed by atoms with Crippen LogP contribution in [0.25, 0.3) is 10.9 Å². The van der Waals surface area contributed by atoms with Crippen molar-refractivity contribution in [2.45, 2.75) is 40.7 Å². The molecule has 0 spiro atoms. The van der Waals surface area contributed by atoms with E-state index in [1.807, 2.05) is 43.5 Å². The number of ether oxygens (including phenoxy) is 1. The van der Waals surface area contributed by atoms with Crippen molar-refractivity contribution in [3.63, 3.8) is 0 Å². The maximum atomic E-state index is 13.1. The Morgan fingerprint density at radius 2 is 1.96 bits per heavy atom. The van der Waals surface area contributed by atoms with Crippen LogP contribution in [0.5, 0.6) is 0 Å². The van der Waals surface area contributed by atoms with E-state index in [1.54, 1.807) is 11.8 Å². The van der Waals surface area contributed by atoms with Crippen LogP contribution in [0.3, 0.4) is 0 Å². The van der Waals surface area contributed by atoms with Crippen molar-refractivity contribution < 1.29 is 14.3 Å². The summed E-state index contributed by atoms with van der Waals surface area (Å²) < 4.78 is 6.97. The number of hydrogen-bond acceptors (Lipinski definition) is 3. The average Bonchev–Trinajstić information content (AvgIpc) is 2.87. The number of aryl methyl sites for hydroxylation is 2. The van der Waals surface area contributed by atoms with Crippen molar-refractivity contribution in [1.82, 2.24) is 9.47 Å². The highest BCUT2D eigenvalue weighted by atomic mass is 35.5. The molecule has 0 unspecified atom stereocenters. The van der Waals surface area contributed by atoms with Crippen molar-refractivity contribution in [3.8, 4) is 0 Å². The zero-order valence-electron chi connectivity index (χ0n) is 15.3. The first-order valence-corrected chi connectivity index (χ1v) is 9.05. The van der Waals surface area contributed by atoms with Gasteiger partial charge in [-0.15, -0.1) is 0 Å². The lowest BCUT2D eigenvalue weighted by molar-refractivity contribution is -0.143. The van der Waals surface area contributed by atoms with Crippen LogP contribution in [0.2, 0.25) is 5.02 Å². The third-order valence-corrected chi connectivity index (χ3v) is 4.59. The minimum absolute atomic E-state index is 0.0709. The van der Waals surface area contributed by atoms with E-state index in [2.05, 4.69) is 0 Å². The van der Waals surface area contributed by atoms with Gasteiger partial charge >= 0.3 is 5.97 Å². The van der Waals surface area contributed by atoms with Crippen LogP contribution in [0.15, 0.2) is 18.2 Å². The van der Waals surface area contributed by atoms with Gasteiger partial charge in [-0.25, -0.2) is 0 Å². The summed E-state index contributed by atoms with van der Waals surface area (Å²) in [6.45, 7) is 9.55. The molecule has 0 N–H and O–H groups in total. The van der Waals surface area contributed by atoms with Crippen LogP contribution >= 0.6 is 11.6 Å². The van der Waals surface area contributed by atoms with Gasteiger partial charge in [-0.2, -0.15) is 0 Å². The van der Waals surface area contributed by atoms with Gasteiger partial charge in [-0.3, -0.25) is 9.59 Å². The van der Waals surface area contributed by atoms with Crippen molar-refractivity contribution in [3.05, 3.63) is 34.5 Å². The predicted molar refractivity (Wildman–Crippen MR) is 100 cm³/mol. The summed E-state index contributed by atoms with van der Waals surface area (Å²) in [7, 11) is 0. The Hall–Kier alpha value is -2.01. The fourth-order valence-corrected chi connectivity index (χ4v) is 3.28. The van der Waals surface area contributed by atoms with Crippen molar-refractivity contribution >= 4 is 34.4 Å². The van der Waals surface area contributed by atoms with E-state index >= 15 is 0 Å². The van der Waals surface area contributed by atoms with Crippen LogP contribution < -0.4 is 0 Å². The van der Waals surface area contributed by atoms with Gasteiger partial charge in [-0.05, 0) is 51.5 Å². The van der Waals surface area contributed by atoms with Crippen LogP contribution in [0.1, 0.15) is 43.2 Å². The minimum Gasteiger partial charge on any atom is -0.466 e. The molecule has 2 aromatic rings. The van der Waals surface area contributed by atoms with Gasteiger partial charge in [0.25, 0.3) is 5.91 Å². The molecule has 6 heteroatoms. The topological polar surface area (TPSA) is 51.5 Å². The van der Waals surface area contributed by atoms with E-state index in [4.69, 9.17) is 16.3 Å². The second-order valence-electron chi connectivity index (χ2n) is 5.82. The summed E-state index contributed by atoms with van der Waals surface area (Å²) in [6.07, 6.45) is 0.199. The molecule has 1 aromatic carbocycles. The zero-order chi connectivity index (χ0) is 18.6. The highest BCUT2D eigenvalue weighted by Gasteiger charge is 2.24. The maximum absolute atomic E-state index is 13.1. The third-order valence-electron chi connectivity index (χ3n) is 4.36. The van der Waals surface area contributed by atoms with Crippen LogP contribution in [-0.4, -0.2) is 41.0 Å². The standard InChI is InChI=1S/C19H25ClN2O3/c1-5-21(11-10-17(23)25-7-3)19(24)18-13(4)15-12-14(20)8-9-16(15)22(18)6-2/h8-9,12H,5-7,10-11H2,1-4H3. The Labute approximate surface area is 153 Å². The highest BCUT2D eigenvalue weighted by Crippen LogP contribution is 2.29. The molecule has 1 aromatic heterocycles. The number of fused-ring (bicyclic) bond motifs is 1. The number of hydrogen-bond donors (Lipinski definition) is 0. The molecule has 1 amide bonds. The Bertz CT molecular complexity index is 783. The van der Waals surface area contributed by atoms with Crippen molar-refractivity contribution in [1.29, 1.82) is 0 Å².